The predicted octanol–water partition coefficient (Wildman–Crippen LogP) is 7.07. The van der Waals surface area contributed by atoms with Crippen molar-refractivity contribution in [2.45, 2.75) is 33.8 Å². The van der Waals surface area contributed by atoms with E-state index >= 15 is 0 Å². The zero-order valence-electron chi connectivity index (χ0n) is 22.4. The van der Waals surface area contributed by atoms with Gasteiger partial charge in [0.05, 0.1) is 28.0 Å². The molecule has 0 spiro atoms. The van der Waals surface area contributed by atoms with Crippen LogP contribution in [0.4, 0.5) is 5.69 Å². The second-order valence-corrected chi connectivity index (χ2v) is 9.76. The summed E-state index contributed by atoms with van der Waals surface area (Å²) in [5.41, 5.74) is 8.93. The summed E-state index contributed by atoms with van der Waals surface area (Å²) in [5.74, 6) is -1.01. The molecule has 0 saturated heterocycles. The Morgan fingerprint density at radius 1 is 0.667 bits per heavy atom. The summed E-state index contributed by atoms with van der Waals surface area (Å²) in [6, 6.07) is 28.8. The van der Waals surface area contributed by atoms with Gasteiger partial charge in [0.25, 0.3) is 5.91 Å². The minimum Gasteiger partial charge on any atom is -0.449 e. The highest BCUT2D eigenvalue weighted by atomic mass is 16.5. The molecular weight excluding hydrogens is 486 g/mol. The Hall–Kier alpha value is -4.84. The zero-order valence-corrected chi connectivity index (χ0v) is 22.4. The molecule has 0 bridgehead atoms. The minimum absolute atomic E-state index is 0.296. The van der Waals surface area contributed by atoms with Crippen molar-refractivity contribution >= 4 is 28.6 Å². The smallest absolute Gasteiger partial charge is 0.338 e. The van der Waals surface area contributed by atoms with Gasteiger partial charge < -0.3 is 10.1 Å². The Balaban J connectivity index is 1.44. The van der Waals surface area contributed by atoms with E-state index in [2.05, 4.69) is 17.4 Å². The Kier molecular flexibility index (Phi) is 7.19. The van der Waals surface area contributed by atoms with E-state index in [1.807, 2.05) is 69.3 Å². The number of anilines is 1. The first-order valence-electron chi connectivity index (χ1n) is 12.8. The number of carbonyl (C=O) groups excluding carboxylic acids is 2. The van der Waals surface area contributed by atoms with E-state index in [1.54, 1.807) is 37.3 Å². The molecule has 0 aliphatic rings. The van der Waals surface area contributed by atoms with E-state index in [4.69, 9.17) is 14.7 Å². The number of rotatable bonds is 6. The number of nitrogens with one attached hydrogen (secondary N) is 1. The van der Waals surface area contributed by atoms with Crippen LogP contribution in [-0.4, -0.2) is 27.9 Å². The average molecular weight is 516 g/mol. The Labute approximate surface area is 227 Å². The van der Waals surface area contributed by atoms with Crippen molar-refractivity contribution in [3.63, 3.8) is 0 Å². The van der Waals surface area contributed by atoms with Crippen molar-refractivity contribution < 1.29 is 14.3 Å². The average Bonchev–Trinajstić information content (AvgIpc) is 2.94. The van der Waals surface area contributed by atoms with Gasteiger partial charge in [0.15, 0.2) is 6.10 Å². The molecule has 5 rings (SSSR count). The van der Waals surface area contributed by atoms with Crippen molar-refractivity contribution in [2.24, 2.45) is 0 Å². The summed E-state index contributed by atoms with van der Waals surface area (Å²) in [4.78, 5) is 35.4. The molecule has 0 fully saturated rings. The summed E-state index contributed by atoms with van der Waals surface area (Å²) in [6.45, 7) is 7.60. The molecule has 4 aromatic carbocycles. The van der Waals surface area contributed by atoms with Gasteiger partial charge in [-0.1, -0.05) is 77.4 Å². The van der Waals surface area contributed by atoms with Crippen LogP contribution < -0.4 is 5.32 Å². The number of esters is 1. The fourth-order valence-corrected chi connectivity index (χ4v) is 4.17. The zero-order chi connectivity index (χ0) is 27.5. The first-order chi connectivity index (χ1) is 18.8. The first-order valence-corrected chi connectivity index (χ1v) is 12.8. The molecule has 1 N–H and O–H groups in total. The highest BCUT2D eigenvalue weighted by Gasteiger charge is 2.20. The number of hydrogen-bond donors (Lipinski definition) is 1. The normalized spacial score (nSPS) is 11.7. The number of benzene rings is 4. The van der Waals surface area contributed by atoms with E-state index in [0.717, 1.165) is 39.2 Å². The van der Waals surface area contributed by atoms with Crippen molar-refractivity contribution in [1.29, 1.82) is 0 Å². The molecule has 0 radical (unpaired) electrons. The Morgan fingerprint density at radius 2 is 1.15 bits per heavy atom. The molecule has 0 aliphatic heterocycles. The molecule has 39 heavy (non-hydrogen) atoms. The molecule has 5 aromatic rings. The predicted molar refractivity (Wildman–Crippen MR) is 155 cm³/mol. The van der Waals surface area contributed by atoms with E-state index in [1.165, 1.54) is 0 Å². The minimum atomic E-state index is -0.979. The molecular formula is C33H29N3O3. The van der Waals surface area contributed by atoms with Gasteiger partial charge in [-0.25, -0.2) is 14.8 Å². The van der Waals surface area contributed by atoms with Crippen LogP contribution in [0.3, 0.4) is 0 Å². The van der Waals surface area contributed by atoms with Gasteiger partial charge in [-0.05, 0) is 58.0 Å². The van der Waals surface area contributed by atoms with E-state index in [9.17, 15) is 9.59 Å². The van der Waals surface area contributed by atoms with Crippen LogP contribution >= 0.6 is 0 Å². The lowest BCUT2D eigenvalue weighted by Crippen LogP contribution is -2.30. The fraction of sp³-hybridized carbons (Fsp3) is 0.152. The van der Waals surface area contributed by atoms with E-state index in [0.29, 0.717) is 22.3 Å². The maximum Gasteiger partial charge on any atom is 0.338 e. The number of amides is 1. The van der Waals surface area contributed by atoms with Crippen LogP contribution in [0.5, 0.6) is 0 Å². The largest absolute Gasteiger partial charge is 0.449 e. The number of aryl methyl sites for hydroxylation is 3. The Morgan fingerprint density at radius 3 is 1.69 bits per heavy atom. The lowest BCUT2D eigenvalue weighted by Gasteiger charge is -2.14. The van der Waals surface area contributed by atoms with Gasteiger partial charge in [0, 0.05) is 16.8 Å². The molecule has 0 saturated carbocycles. The van der Waals surface area contributed by atoms with Crippen LogP contribution in [0.25, 0.3) is 33.5 Å². The van der Waals surface area contributed by atoms with Crippen LogP contribution in [0.1, 0.15) is 34.0 Å². The number of aromatic nitrogens is 2. The van der Waals surface area contributed by atoms with Crippen LogP contribution in [-0.2, 0) is 9.53 Å². The number of carbonyl (C=O) groups is 2. The molecule has 194 valence electrons. The summed E-state index contributed by atoms with van der Waals surface area (Å²) >= 11 is 0. The summed E-state index contributed by atoms with van der Waals surface area (Å²) in [6.07, 6.45) is -0.979. The number of fused-ring (bicyclic) bond motifs is 1. The third-order valence-corrected chi connectivity index (χ3v) is 6.52. The van der Waals surface area contributed by atoms with Gasteiger partial charge in [0.2, 0.25) is 0 Å². The summed E-state index contributed by atoms with van der Waals surface area (Å²) < 4.78 is 5.48. The second-order valence-electron chi connectivity index (χ2n) is 9.76. The van der Waals surface area contributed by atoms with Gasteiger partial charge in [-0.15, -0.1) is 0 Å². The standard InChI is InChI=1S/C33H29N3O3/c1-20-5-11-24(12-6-20)30-31(25-13-7-21(2)8-14-25)36-29-19-26(15-18-28(29)35-30)33(38)39-23(4)32(37)34-27-16-9-22(3)10-17-27/h5-19,23H,1-4H3,(H,34,37). The number of hydrogen-bond acceptors (Lipinski definition) is 5. The highest BCUT2D eigenvalue weighted by molar-refractivity contribution is 5.99. The lowest BCUT2D eigenvalue weighted by molar-refractivity contribution is -0.123. The van der Waals surface area contributed by atoms with Crippen LogP contribution in [0.2, 0.25) is 0 Å². The fourth-order valence-electron chi connectivity index (χ4n) is 4.17. The molecule has 1 atom stereocenters. The maximum atomic E-state index is 13.0. The van der Waals surface area contributed by atoms with Crippen molar-refractivity contribution in [3.8, 4) is 22.5 Å². The van der Waals surface area contributed by atoms with Gasteiger partial charge in [0.1, 0.15) is 0 Å². The van der Waals surface area contributed by atoms with E-state index in [-0.39, 0.29) is 0 Å². The number of ether oxygens (including phenoxy) is 1. The van der Waals surface area contributed by atoms with Crippen LogP contribution in [0.15, 0.2) is 91.0 Å². The first kappa shape index (κ1) is 25.8. The lowest BCUT2D eigenvalue weighted by atomic mass is 10.0. The summed E-state index contributed by atoms with van der Waals surface area (Å²) in [5, 5.41) is 2.77. The molecule has 1 unspecified atom stereocenters. The topological polar surface area (TPSA) is 81.2 Å². The number of nitrogens with zero attached hydrogens (tertiary/aromatic N) is 2. The Bertz CT molecular complexity index is 1660. The third kappa shape index (κ3) is 5.85. The quantitative estimate of drug-likeness (QED) is 0.245. The van der Waals surface area contributed by atoms with E-state index < -0.39 is 18.0 Å². The molecule has 1 aromatic heterocycles. The third-order valence-electron chi connectivity index (χ3n) is 6.52. The highest BCUT2D eigenvalue weighted by Crippen LogP contribution is 2.31. The van der Waals surface area contributed by atoms with Gasteiger partial charge >= 0.3 is 5.97 Å². The SMILES string of the molecule is Cc1ccc(NC(=O)C(C)OC(=O)c2ccc3nc(-c4ccc(C)cc4)c(-c4ccc(C)cc4)nc3c2)cc1. The van der Waals surface area contributed by atoms with Crippen LogP contribution in [0, 0.1) is 20.8 Å². The maximum absolute atomic E-state index is 13.0. The second kappa shape index (κ2) is 10.9. The van der Waals surface area contributed by atoms with Crippen molar-refractivity contribution in [3.05, 3.63) is 113 Å². The molecule has 6 heteroatoms. The van der Waals surface area contributed by atoms with Crippen molar-refractivity contribution in [1.82, 2.24) is 9.97 Å². The van der Waals surface area contributed by atoms with Crippen molar-refractivity contribution in [2.75, 3.05) is 5.32 Å². The summed E-state index contributed by atoms with van der Waals surface area (Å²) in [7, 11) is 0. The molecule has 0 aliphatic carbocycles. The van der Waals surface area contributed by atoms with Gasteiger partial charge in [-0.2, -0.15) is 0 Å². The molecule has 1 amide bonds. The monoisotopic (exact) mass is 515 g/mol. The molecule has 1 heterocycles. The molecule has 6 nitrogen and oxygen atoms in total. The van der Waals surface area contributed by atoms with Gasteiger partial charge in [-0.3, -0.25) is 4.79 Å².